The molecule has 1 aliphatic rings. The molecule has 0 aromatic carbocycles. The fourth-order valence-electron chi connectivity index (χ4n) is 2.37. The van der Waals surface area contributed by atoms with Crippen molar-refractivity contribution in [3.8, 4) is 5.88 Å². The van der Waals surface area contributed by atoms with Gasteiger partial charge in [-0.05, 0) is 25.2 Å². The number of nitrogens with one attached hydrogen (secondary N) is 1. The molecule has 4 nitrogen and oxygen atoms in total. The first-order valence-corrected chi connectivity index (χ1v) is 6.40. The van der Waals surface area contributed by atoms with Crippen molar-refractivity contribution in [1.29, 1.82) is 0 Å². The Kier molecular flexibility index (Phi) is 4.18. The van der Waals surface area contributed by atoms with Gasteiger partial charge in [0, 0.05) is 12.1 Å². The van der Waals surface area contributed by atoms with E-state index in [9.17, 15) is 0 Å². The molecule has 2 rings (SSSR count). The minimum Gasteiger partial charge on any atom is -0.481 e. The van der Waals surface area contributed by atoms with Gasteiger partial charge in [0.25, 0.3) is 0 Å². The van der Waals surface area contributed by atoms with Crippen LogP contribution in [0.25, 0.3) is 0 Å². The van der Waals surface area contributed by atoms with Crippen molar-refractivity contribution in [2.24, 2.45) is 5.92 Å². The van der Waals surface area contributed by atoms with E-state index in [4.69, 9.17) is 4.74 Å². The topological polar surface area (TPSA) is 47.0 Å². The van der Waals surface area contributed by atoms with Crippen LogP contribution in [0.5, 0.6) is 5.88 Å². The molecule has 2 unspecified atom stereocenters. The molecule has 1 aromatic rings. The first kappa shape index (κ1) is 12.1. The van der Waals surface area contributed by atoms with E-state index in [0.29, 0.717) is 11.9 Å². The molecule has 94 valence electrons. The summed E-state index contributed by atoms with van der Waals surface area (Å²) in [4.78, 5) is 8.24. The average molecular weight is 235 g/mol. The van der Waals surface area contributed by atoms with Crippen LogP contribution in [0.4, 0.5) is 5.82 Å². The molecule has 2 atom stereocenters. The van der Waals surface area contributed by atoms with E-state index in [-0.39, 0.29) is 0 Å². The van der Waals surface area contributed by atoms with E-state index in [1.54, 1.807) is 13.4 Å². The van der Waals surface area contributed by atoms with Crippen molar-refractivity contribution in [2.75, 3.05) is 12.4 Å². The highest BCUT2D eigenvalue weighted by Crippen LogP contribution is 2.24. The lowest BCUT2D eigenvalue weighted by Gasteiger charge is -2.17. The third kappa shape index (κ3) is 3.58. The van der Waals surface area contributed by atoms with E-state index in [1.165, 1.54) is 32.1 Å². The van der Waals surface area contributed by atoms with Gasteiger partial charge >= 0.3 is 0 Å². The number of aromatic nitrogens is 2. The van der Waals surface area contributed by atoms with Gasteiger partial charge in [0.2, 0.25) is 5.88 Å². The molecule has 1 aliphatic carbocycles. The Morgan fingerprint density at radius 2 is 2.12 bits per heavy atom. The Morgan fingerprint density at radius 3 is 2.94 bits per heavy atom. The minimum absolute atomic E-state index is 0.541. The molecule has 1 N–H and O–H groups in total. The number of hydrogen-bond acceptors (Lipinski definition) is 4. The lowest BCUT2D eigenvalue weighted by molar-refractivity contribution is 0.397. The summed E-state index contributed by atoms with van der Waals surface area (Å²) in [7, 11) is 1.62. The number of methoxy groups -OCH3 is 1. The fraction of sp³-hybridized carbons (Fsp3) is 0.692. The Balaban J connectivity index is 1.94. The van der Waals surface area contributed by atoms with Gasteiger partial charge in [-0.25, -0.2) is 9.97 Å². The number of hydrogen-bond donors (Lipinski definition) is 1. The largest absolute Gasteiger partial charge is 0.481 e. The fourth-order valence-corrected chi connectivity index (χ4v) is 2.37. The highest BCUT2D eigenvalue weighted by atomic mass is 16.5. The third-order valence-electron chi connectivity index (χ3n) is 3.46. The molecule has 0 saturated heterocycles. The summed E-state index contributed by atoms with van der Waals surface area (Å²) in [5.74, 6) is 2.35. The van der Waals surface area contributed by atoms with Crippen molar-refractivity contribution in [1.82, 2.24) is 9.97 Å². The number of ether oxygens (including phenoxy) is 1. The van der Waals surface area contributed by atoms with Crippen LogP contribution in [-0.4, -0.2) is 23.1 Å². The van der Waals surface area contributed by atoms with Crippen LogP contribution in [0.3, 0.4) is 0 Å². The van der Waals surface area contributed by atoms with Gasteiger partial charge < -0.3 is 10.1 Å². The molecule has 0 bridgehead atoms. The van der Waals surface area contributed by atoms with Crippen LogP contribution in [0, 0.1) is 5.92 Å². The standard InChI is InChI=1S/C13H21N3O/c1-10-4-3-5-11(7-6-10)16-12-8-13(17-2)15-9-14-12/h8-11H,3-7H2,1-2H3,(H,14,15,16). The second kappa shape index (κ2) is 5.84. The minimum atomic E-state index is 0.541. The zero-order valence-corrected chi connectivity index (χ0v) is 10.6. The highest BCUT2D eigenvalue weighted by molar-refractivity contribution is 5.38. The summed E-state index contributed by atoms with van der Waals surface area (Å²) in [6.07, 6.45) is 7.97. The number of nitrogens with zero attached hydrogens (tertiary/aromatic N) is 2. The second-order valence-electron chi connectivity index (χ2n) is 4.90. The molecular formula is C13H21N3O. The smallest absolute Gasteiger partial charge is 0.218 e. The predicted octanol–water partition coefficient (Wildman–Crippen LogP) is 2.87. The molecule has 1 aromatic heterocycles. The Labute approximate surface area is 103 Å². The van der Waals surface area contributed by atoms with Crippen LogP contribution in [0.1, 0.15) is 39.0 Å². The van der Waals surface area contributed by atoms with Gasteiger partial charge in [-0.15, -0.1) is 0 Å². The molecule has 0 aliphatic heterocycles. The quantitative estimate of drug-likeness (QED) is 0.818. The van der Waals surface area contributed by atoms with Crippen molar-refractivity contribution >= 4 is 5.82 Å². The van der Waals surface area contributed by atoms with E-state index in [1.807, 2.05) is 6.07 Å². The van der Waals surface area contributed by atoms with Crippen molar-refractivity contribution in [3.05, 3.63) is 12.4 Å². The van der Waals surface area contributed by atoms with Gasteiger partial charge in [0.15, 0.2) is 0 Å². The molecule has 1 heterocycles. The lowest BCUT2D eigenvalue weighted by Crippen LogP contribution is -2.19. The molecular weight excluding hydrogens is 214 g/mol. The molecule has 4 heteroatoms. The van der Waals surface area contributed by atoms with Crippen molar-refractivity contribution in [3.63, 3.8) is 0 Å². The molecule has 1 fully saturated rings. The van der Waals surface area contributed by atoms with Crippen molar-refractivity contribution in [2.45, 2.75) is 45.1 Å². The molecule has 17 heavy (non-hydrogen) atoms. The third-order valence-corrected chi connectivity index (χ3v) is 3.46. The van der Waals surface area contributed by atoms with Crippen LogP contribution in [-0.2, 0) is 0 Å². The summed E-state index contributed by atoms with van der Waals surface area (Å²) >= 11 is 0. The second-order valence-corrected chi connectivity index (χ2v) is 4.90. The summed E-state index contributed by atoms with van der Waals surface area (Å²) in [5, 5.41) is 3.48. The monoisotopic (exact) mass is 235 g/mol. The summed E-state index contributed by atoms with van der Waals surface area (Å²) in [5.41, 5.74) is 0. The van der Waals surface area contributed by atoms with E-state index >= 15 is 0 Å². The normalized spacial score (nSPS) is 25.1. The van der Waals surface area contributed by atoms with E-state index < -0.39 is 0 Å². The van der Waals surface area contributed by atoms with Gasteiger partial charge in [-0.1, -0.05) is 19.8 Å². The molecule has 0 amide bonds. The zero-order valence-electron chi connectivity index (χ0n) is 10.6. The molecule has 0 radical (unpaired) electrons. The molecule has 1 saturated carbocycles. The van der Waals surface area contributed by atoms with Crippen LogP contribution in [0.15, 0.2) is 12.4 Å². The summed E-state index contributed by atoms with van der Waals surface area (Å²) in [6, 6.07) is 2.40. The van der Waals surface area contributed by atoms with E-state index in [2.05, 4.69) is 22.2 Å². The van der Waals surface area contributed by atoms with Crippen molar-refractivity contribution < 1.29 is 4.74 Å². The summed E-state index contributed by atoms with van der Waals surface area (Å²) < 4.78 is 5.09. The Hall–Kier alpha value is -1.32. The average Bonchev–Trinajstić information content (AvgIpc) is 2.55. The van der Waals surface area contributed by atoms with Gasteiger partial charge in [-0.2, -0.15) is 0 Å². The maximum absolute atomic E-state index is 5.09. The van der Waals surface area contributed by atoms with E-state index in [0.717, 1.165) is 11.7 Å². The highest BCUT2D eigenvalue weighted by Gasteiger charge is 2.16. The summed E-state index contributed by atoms with van der Waals surface area (Å²) in [6.45, 7) is 2.34. The molecule has 0 spiro atoms. The number of rotatable bonds is 3. The maximum Gasteiger partial charge on any atom is 0.218 e. The van der Waals surface area contributed by atoms with Gasteiger partial charge in [0.1, 0.15) is 12.1 Å². The SMILES string of the molecule is COc1cc(NC2CCCC(C)CC2)ncn1. The Bertz CT molecular complexity index is 356. The lowest BCUT2D eigenvalue weighted by atomic mass is 10.0. The van der Waals surface area contributed by atoms with Crippen LogP contribution in [0.2, 0.25) is 0 Å². The first-order chi connectivity index (χ1) is 8.28. The number of anilines is 1. The first-order valence-electron chi connectivity index (χ1n) is 6.40. The van der Waals surface area contributed by atoms with Gasteiger partial charge in [-0.3, -0.25) is 0 Å². The zero-order chi connectivity index (χ0) is 12.1. The van der Waals surface area contributed by atoms with Gasteiger partial charge in [0.05, 0.1) is 7.11 Å². The predicted molar refractivity (Wildman–Crippen MR) is 68.2 cm³/mol. The van der Waals surface area contributed by atoms with Crippen LogP contribution < -0.4 is 10.1 Å². The Morgan fingerprint density at radius 1 is 1.24 bits per heavy atom. The maximum atomic E-state index is 5.09. The van der Waals surface area contributed by atoms with Crippen LogP contribution >= 0.6 is 0 Å².